The van der Waals surface area contributed by atoms with Crippen LogP contribution in [0.25, 0.3) is 0 Å². The number of guanidine groups is 1. The Bertz CT molecular complexity index is 403. The molecule has 2 heterocycles. The van der Waals surface area contributed by atoms with Gasteiger partial charge in [0.05, 0.1) is 6.10 Å². The molecule has 0 bridgehead atoms. The van der Waals surface area contributed by atoms with Crippen molar-refractivity contribution in [3.05, 3.63) is 0 Å². The first-order chi connectivity index (χ1) is 12.6. The molecule has 1 N–H and O–H groups in total. The molecule has 0 aromatic carbocycles. The predicted molar refractivity (Wildman–Crippen MR) is 126 cm³/mol. The van der Waals surface area contributed by atoms with E-state index in [1.165, 1.54) is 38.9 Å². The summed E-state index contributed by atoms with van der Waals surface area (Å²) < 4.78 is 5.76. The van der Waals surface area contributed by atoms with Crippen LogP contribution >= 0.6 is 24.0 Å². The highest BCUT2D eigenvalue weighted by molar-refractivity contribution is 14.0. The topological polar surface area (TPSA) is 40.1 Å². The molecule has 2 aliphatic rings. The summed E-state index contributed by atoms with van der Waals surface area (Å²) in [7, 11) is 0. The van der Waals surface area contributed by atoms with Gasteiger partial charge in [0.25, 0.3) is 0 Å². The largest absolute Gasteiger partial charge is 0.378 e. The van der Waals surface area contributed by atoms with Crippen molar-refractivity contribution < 1.29 is 4.74 Å². The molecular formula is C21H43IN4O. The van der Waals surface area contributed by atoms with Gasteiger partial charge in [0.1, 0.15) is 0 Å². The van der Waals surface area contributed by atoms with Crippen molar-refractivity contribution in [2.24, 2.45) is 16.8 Å². The Balaban J connectivity index is 0.00000364. The van der Waals surface area contributed by atoms with Gasteiger partial charge in [-0.15, -0.1) is 24.0 Å². The second-order valence-electron chi connectivity index (χ2n) is 8.29. The van der Waals surface area contributed by atoms with Crippen molar-refractivity contribution in [2.45, 2.75) is 65.9 Å². The van der Waals surface area contributed by atoms with Crippen LogP contribution in [0.1, 0.15) is 59.8 Å². The standard InChI is InChI=1S/C21H42N4O.HI/c1-5-22-21(25-13-9-20(10-14-25)26-6-2)23-11-7-8-12-24-16-18(3)15-19(4)17-24;/h18-20H,5-17H2,1-4H3,(H,22,23);1H. The SMILES string of the molecule is CCNC(=NCCCCN1CC(C)CC(C)C1)N1CCC(OCC)CC1.I. The third-order valence-corrected chi connectivity index (χ3v) is 5.57. The summed E-state index contributed by atoms with van der Waals surface area (Å²) in [6.45, 7) is 17.6. The zero-order chi connectivity index (χ0) is 18.8. The molecule has 2 atom stereocenters. The number of rotatable bonds is 8. The highest BCUT2D eigenvalue weighted by Gasteiger charge is 2.22. The van der Waals surface area contributed by atoms with E-state index < -0.39 is 0 Å². The normalized spacial score (nSPS) is 25.3. The second-order valence-corrected chi connectivity index (χ2v) is 8.29. The average Bonchev–Trinajstić information content (AvgIpc) is 2.61. The molecule has 0 radical (unpaired) electrons. The Hall–Kier alpha value is -0.0800. The number of unbranched alkanes of at least 4 members (excludes halogenated alkanes) is 1. The van der Waals surface area contributed by atoms with Crippen molar-refractivity contribution in [3.8, 4) is 0 Å². The van der Waals surface area contributed by atoms with Crippen molar-refractivity contribution in [2.75, 3.05) is 52.4 Å². The third kappa shape index (κ3) is 9.31. The predicted octanol–water partition coefficient (Wildman–Crippen LogP) is 3.83. The Morgan fingerprint density at radius 2 is 1.74 bits per heavy atom. The number of likely N-dealkylation sites (tertiary alicyclic amines) is 2. The lowest BCUT2D eigenvalue weighted by Gasteiger charge is -2.35. The molecule has 0 aromatic heterocycles. The van der Waals surface area contributed by atoms with Crippen LogP contribution in [0.2, 0.25) is 0 Å². The van der Waals surface area contributed by atoms with Gasteiger partial charge in [-0.05, 0) is 64.3 Å². The highest BCUT2D eigenvalue weighted by Crippen LogP contribution is 2.21. The molecule has 2 rings (SSSR count). The van der Waals surface area contributed by atoms with E-state index in [1.807, 2.05) is 0 Å². The molecule has 0 amide bonds. The van der Waals surface area contributed by atoms with Gasteiger partial charge in [0.15, 0.2) is 5.96 Å². The quantitative estimate of drug-likeness (QED) is 0.241. The summed E-state index contributed by atoms with van der Waals surface area (Å²) in [5, 5.41) is 3.48. The number of aliphatic imine (C=N–C) groups is 1. The van der Waals surface area contributed by atoms with Gasteiger partial charge < -0.3 is 19.9 Å². The van der Waals surface area contributed by atoms with Crippen LogP contribution in [0.3, 0.4) is 0 Å². The molecule has 2 saturated heterocycles. The average molecular weight is 495 g/mol. The van der Waals surface area contributed by atoms with Gasteiger partial charge in [-0.3, -0.25) is 4.99 Å². The minimum Gasteiger partial charge on any atom is -0.378 e. The van der Waals surface area contributed by atoms with E-state index in [4.69, 9.17) is 9.73 Å². The maximum atomic E-state index is 5.76. The molecule has 0 spiro atoms. The summed E-state index contributed by atoms with van der Waals surface area (Å²) in [6.07, 6.45) is 6.51. The number of nitrogens with one attached hydrogen (secondary N) is 1. The lowest BCUT2D eigenvalue weighted by Crippen LogP contribution is -2.47. The summed E-state index contributed by atoms with van der Waals surface area (Å²) in [4.78, 5) is 9.96. The number of piperidine rings is 2. The van der Waals surface area contributed by atoms with Gasteiger partial charge >= 0.3 is 0 Å². The summed E-state index contributed by atoms with van der Waals surface area (Å²) >= 11 is 0. The van der Waals surface area contributed by atoms with E-state index in [-0.39, 0.29) is 24.0 Å². The van der Waals surface area contributed by atoms with Crippen LogP contribution < -0.4 is 5.32 Å². The number of nitrogens with zero attached hydrogens (tertiary/aromatic N) is 3. The summed E-state index contributed by atoms with van der Waals surface area (Å²) in [6, 6.07) is 0. The van der Waals surface area contributed by atoms with Crippen molar-refractivity contribution in [1.82, 2.24) is 15.1 Å². The molecule has 2 aliphatic heterocycles. The van der Waals surface area contributed by atoms with E-state index in [2.05, 4.69) is 42.8 Å². The fourth-order valence-electron chi connectivity index (χ4n) is 4.50. The zero-order valence-electron chi connectivity index (χ0n) is 18.1. The van der Waals surface area contributed by atoms with Gasteiger partial charge in [0, 0.05) is 45.9 Å². The molecule has 160 valence electrons. The van der Waals surface area contributed by atoms with Crippen LogP contribution in [-0.4, -0.2) is 74.3 Å². The third-order valence-electron chi connectivity index (χ3n) is 5.57. The number of hydrogen-bond acceptors (Lipinski definition) is 3. The first-order valence-corrected chi connectivity index (χ1v) is 11.0. The van der Waals surface area contributed by atoms with E-state index in [0.717, 1.165) is 63.4 Å². The molecule has 6 heteroatoms. The lowest BCUT2D eigenvalue weighted by molar-refractivity contribution is 0.0264. The van der Waals surface area contributed by atoms with Crippen molar-refractivity contribution in [3.63, 3.8) is 0 Å². The van der Waals surface area contributed by atoms with Crippen LogP contribution in [0.4, 0.5) is 0 Å². The minimum atomic E-state index is 0. The molecule has 0 aromatic rings. The van der Waals surface area contributed by atoms with E-state index in [1.54, 1.807) is 0 Å². The highest BCUT2D eigenvalue weighted by atomic mass is 127. The smallest absolute Gasteiger partial charge is 0.193 e. The Kier molecular flexibility index (Phi) is 12.9. The van der Waals surface area contributed by atoms with E-state index in [0.29, 0.717) is 6.10 Å². The first-order valence-electron chi connectivity index (χ1n) is 11.0. The van der Waals surface area contributed by atoms with E-state index >= 15 is 0 Å². The van der Waals surface area contributed by atoms with Crippen LogP contribution in [0.15, 0.2) is 4.99 Å². The van der Waals surface area contributed by atoms with E-state index in [9.17, 15) is 0 Å². The van der Waals surface area contributed by atoms with Crippen molar-refractivity contribution >= 4 is 29.9 Å². The van der Waals surface area contributed by atoms with Crippen LogP contribution in [0, 0.1) is 11.8 Å². The molecule has 0 saturated carbocycles. The Morgan fingerprint density at radius 1 is 1.07 bits per heavy atom. The maximum absolute atomic E-state index is 5.76. The molecule has 2 unspecified atom stereocenters. The van der Waals surface area contributed by atoms with Gasteiger partial charge in [-0.1, -0.05) is 13.8 Å². The molecule has 2 fully saturated rings. The maximum Gasteiger partial charge on any atom is 0.193 e. The Labute approximate surface area is 184 Å². The fraction of sp³-hybridized carbons (Fsp3) is 0.952. The monoisotopic (exact) mass is 494 g/mol. The molecule has 0 aliphatic carbocycles. The van der Waals surface area contributed by atoms with Crippen LogP contribution in [-0.2, 0) is 4.74 Å². The number of ether oxygens (including phenoxy) is 1. The molecule has 27 heavy (non-hydrogen) atoms. The van der Waals surface area contributed by atoms with Gasteiger partial charge in [-0.2, -0.15) is 0 Å². The second kappa shape index (κ2) is 14.0. The van der Waals surface area contributed by atoms with Crippen molar-refractivity contribution in [1.29, 1.82) is 0 Å². The minimum absolute atomic E-state index is 0. The van der Waals surface area contributed by atoms with Gasteiger partial charge in [0.2, 0.25) is 0 Å². The lowest BCUT2D eigenvalue weighted by atomic mass is 9.92. The summed E-state index contributed by atoms with van der Waals surface area (Å²) in [5.41, 5.74) is 0. The fourth-order valence-corrected chi connectivity index (χ4v) is 4.50. The number of hydrogen-bond donors (Lipinski definition) is 1. The molecule has 5 nitrogen and oxygen atoms in total. The zero-order valence-corrected chi connectivity index (χ0v) is 20.4. The molecular weight excluding hydrogens is 451 g/mol. The van der Waals surface area contributed by atoms with Crippen LogP contribution in [0.5, 0.6) is 0 Å². The number of halogens is 1. The summed E-state index contributed by atoms with van der Waals surface area (Å²) in [5.74, 6) is 2.82. The van der Waals surface area contributed by atoms with Gasteiger partial charge in [-0.25, -0.2) is 0 Å². The first kappa shape index (κ1) is 25.0. The Morgan fingerprint density at radius 3 is 2.33 bits per heavy atom.